The largest absolute Gasteiger partial charge is 0.464 e. The van der Waals surface area contributed by atoms with E-state index in [1.807, 2.05) is 12.1 Å². The van der Waals surface area contributed by atoms with Gasteiger partial charge < -0.3 is 21.1 Å². The summed E-state index contributed by atoms with van der Waals surface area (Å²) >= 11 is 4.80. The number of hydrogen-bond acceptors (Lipinski definition) is 7. The number of methoxy groups -OCH3 is 1. The zero-order chi connectivity index (χ0) is 19.4. The first-order valence-corrected chi connectivity index (χ1v) is 10.2. The van der Waals surface area contributed by atoms with Gasteiger partial charge in [-0.05, 0) is 59.8 Å². The van der Waals surface area contributed by atoms with Crippen LogP contribution in [0.3, 0.4) is 0 Å². The van der Waals surface area contributed by atoms with Gasteiger partial charge in [0.05, 0.1) is 33.3 Å². The van der Waals surface area contributed by atoms with Crippen molar-refractivity contribution in [3.05, 3.63) is 38.8 Å². The molecule has 1 saturated carbocycles. The Morgan fingerprint density at radius 2 is 2.11 bits per heavy atom. The molecule has 0 aromatic carbocycles. The van der Waals surface area contributed by atoms with Gasteiger partial charge in [-0.1, -0.05) is 0 Å². The number of ether oxygens (including phenoxy) is 1. The van der Waals surface area contributed by atoms with Gasteiger partial charge in [0.25, 0.3) is 5.91 Å². The van der Waals surface area contributed by atoms with Gasteiger partial charge in [0.1, 0.15) is 0 Å². The van der Waals surface area contributed by atoms with Gasteiger partial charge in [-0.15, -0.1) is 11.3 Å². The number of nitrogens with one attached hydrogen (secondary N) is 2. The second-order valence-electron chi connectivity index (χ2n) is 6.43. The number of nitrogens with zero attached hydrogens (tertiary/aromatic N) is 1. The third kappa shape index (κ3) is 4.98. The quantitative estimate of drug-likeness (QED) is 0.599. The van der Waals surface area contributed by atoms with Gasteiger partial charge >= 0.3 is 5.97 Å². The van der Waals surface area contributed by atoms with Crippen LogP contribution < -0.4 is 16.4 Å². The summed E-state index contributed by atoms with van der Waals surface area (Å²) in [4.78, 5) is 28.7. The first-order chi connectivity index (χ1) is 13.0. The van der Waals surface area contributed by atoms with Crippen molar-refractivity contribution in [2.75, 3.05) is 18.2 Å². The number of halogens is 1. The Morgan fingerprint density at radius 1 is 1.33 bits per heavy atom. The van der Waals surface area contributed by atoms with E-state index < -0.39 is 5.97 Å². The Labute approximate surface area is 169 Å². The lowest BCUT2D eigenvalue weighted by Gasteiger charge is -2.31. The highest BCUT2D eigenvalue weighted by atomic mass is 79.9. The molecule has 1 aliphatic rings. The van der Waals surface area contributed by atoms with Crippen molar-refractivity contribution in [3.63, 3.8) is 0 Å². The van der Waals surface area contributed by atoms with Crippen LogP contribution in [0.1, 0.15) is 45.8 Å². The standard InChI is InChI=1S/C18H21BrN4O3S/c1-26-18(25)14-8-13(12(20)9-21-14)22-10-3-2-4-11(7-10)23-17(24)15-5-6-16(19)27-15/h5-6,8-11H,2-4,7,20H2,1H3,(H,21,22)(H,23,24). The summed E-state index contributed by atoms with van der Waals surface area (Å²) in [5.74, 6) is -0.554. The maximum absolute atomic E-state index is 12.4. The summed E-state index contributed by atoms with van der Waals surface area (Å²) in [6.45, 7) is 0. The van der Waals surface area contributed by atoms with E-state index in [-0.39, 0.29) is 23.7 Å². The summed E-state index contributed by atoms with van der Waals surface area (Å²) in [6, 6.07) is 5.53. The summed E-state index contributed by atoms with van der Waals surface area (Å²) in [5.41, 5.74) is 7.33. The number of pyridine rings is 1. The van der Waals surface area contributed by atoms with E-state index in [4.69, 9.17) is 10.5 Å². The first-order valence-electron chi connectivity index (χ1n) is 8.63. The highest BCUT2D eigenvalue weighted by molar-refractivity contribution is 9.11. The van der Waals surface area contributed by atoms with E-state index in [1.165, 1.54) is 24.6 Å². The van der Waals surface area contributed by atoms with Crippen molar-refractivity contribution < 1.29 is 14.3 Å². The third-order valence-corrected chi connectivity index (χ3v) is 6.12. The fraction of sp³-hybridized carbons (Fsp3) is 0.389. The Bertz CT molecular complexity index is 842. The molecule has 0 radical (unpaired) electrons. The van der Waals surface area contributed by atoms with Crippen LogP contribution in [0.25, 0.3) is 0 Å². The predicted octanol–water partition coefficient (Wildman–Crippen LogP) is 3.43. The highest BCUT2D eigenvalue weighted by Crippen LogP contribution is 2.27. The Kier molecular flexibility index (Phi) is 6.33. The Balaban J connectivity index is 1.63. The number of esters is 1. The number of thiophene rings is 1. The van der Waals surface area contributed by atoms with Crippen molar-refractivity contribution in [3.8, 4) is 0 Å². The highest BCUT2D eigenvalue weighted by Gasteiger charge is 2.25. The van der Waals surface area contributed by atoms with Crippen LogP contribution in [0.5, 0.6) is 0 Å². The topological polar surface area (TPSA) is 106 Å². The molecule has 3 rings (SSSR count). The molecule has 4 N–H and O–H groups in total. The molecule has 0 bridgehead atoms. The average molecular weight is 453 g/mol. The second-order valence-corrected chi connectivity index (χ2v) is 8.89. The molecule has 9 heteroatoms. The van der Waals surface area contributed by atoms with Crippen molar-refractivity contribution in [1.29, 1.82) is 0 Å². The lowest BCUT2D eigenvalue weighted by Crippen LogP contribution is -2.41. The minimum absolute atomic E-state index is 0.0484. The zero-order valence-corrected chi connectivity index (χ0v) is 17.2. The van der Waals surface area contributed by atoms with Crippen LogP contribution in [0.2, 0.25) is 0 Å². The molecule has 1 fully saturated rings. The zero-order valence-electron chi connectivity index (χ0n) is 14.8. The number of carbonyl (C=O) groups is 2. The molecule has 144 valence electrons. The van der Waals surface area contributed by atoms with Crippen molar-refractivity contribution in [2.24, 2.45) is 0 Å². The maximum atomic E-state index is 12.4. The molecule has 2 heterocycles. The first kappa shape index (κ1) is 19.6. The number of amides is 1. The number of nitrogen functional groups attached to an aromatic ring is 1. The number of carbonyl (C=O) groups excluding carboxylic acids is 2. The summed E-state index contributed by atoms with van der Waals surface area (Å²) < 4.78 is 5.64. The number of nitrogens with two attached hydrogens (primary N) is 1. The molecular weight excluding hydrogens is 432 g/mol. The molecule has 1 aliphatic carbocycles. The smallest absolute Gasteiger partial charge is 0.356 e. The van der Waals surface area contributed by atoms with E-state index in [0.29, 0.717) is 16.3 Å². The summed E-state index contributed by atoms with van der Waals surface area (Å²) in [5, 5.41) is 6.50. The van der Waals surface area contributed by atoms with Crippen LogP contribution in [-0.2, 0) is 4.74 Å². The van der Waals surface area contributed by atoms with Gasteiger partial charge in [-0.25, -0.2) is 9.78 Å². The summed E-state index contributed by atoms with van der Waals surface area (Å²) in [7, 11) is 1.31. The van der Waals surface area contributed by atoms with Crippen molar-refractivity contribution >= 4 is 50.5 Å². The van der Waals surface area contributed by atoms with Gasteiger partial charge in [-0.2, -0.15) is 0 Å². The van der Waals surface area contributed by atoms with Crippen LogP contribution in [-0.4, -0.2) is 36.1 Å². The van der Waals surface area contributed by atoms with Crippen LogP contribution in [0.4, 0.5) is 11.4 Å². The van der Waals surface area contributed by atoms with E-state index in [1.54, 1.807) is 6.07 Å². The van der Waals surface area contributed by atoms with E-state index >= 15 is 0 Å². The fourth-order valence-electron chi connectivity index (χ4n) is 3.17. The van der Waals surface area contributed by atoms with Gasteiger partial charge in [0, 0.05) is 12.1 Å². The van der Waals surface area contributed by atoms with Crippen molar-refractivity contribution in [1.82, 2.24) is 10.3 Å². The minimum atomic E-state index is -0.506. The van der Waals surface area contributed by atoms with Crippen LogP contribution in [0.15, 0.2) is 28.2 Å². The second kappa shape index (κ2) is 8.71. The maximum Gasteiger partial charge on any atom is 0.356 e. The van der Waals surface area contributed by atoms with Gasteiger partial charge in [0.2, 0.25) is 0 Å². The lowest BCUT2D eigenvalue weighted by atomic mass is 9.90. The molecule has 27 heavy (non-hydrogen) atoms. The Hall–Kier alpha value is -2.13. The SMILES string of the molecule is COC(=O)c1cc(NC2CCCC(NC(=O)c3ccc(Br)s3)C2)c(N)cn1. The average Bonchev–Trinajstić information content (AvgIpc) is 3.10. The molecule has 0 saturated heterocycles. The molecule has 1 amide bonds. The molecule has 7 nitrogen and oxygen atoms in total. The molecule has 0 spiro atoms. The van der Waals surface area contributed by atoms with Crippen LogP contribution >= 0.6 is 27.3 Å². The van der Waals surface area contributed by atoms with Crippen LogP contribution in [0, 0.1) is 0 Å². The van der Waals surface area contributed by atoms with E-state index in [2.05, 4.69) is 31.5 Å². The van der Waals surface area contributed by atoms with E-state index in [0.717, 1.165) is 29.5 Å². The van der Waals surface area contributed by atoms with Crippen molar-refractivity contribution in [2.45, 2.75) is 37.8 Å². The van der Waals surface area contributed by atoms with Gasteiger partial charge in [-0.3, -0.25) is 4.79 Å². The molecule has 0 aliphatic heterocycles. The third-order valence-electron chi connectivity index (χ3n) is 4.50. The predicted molar refractivity (Wildman–Crippen MR) is 109 cm³/mol. The number of rotatable bonds is 5. The molecular formula is C18H21BrN4O3S. The molecule has 2 aromatic rings. The summed E-state index contributed by atoms with van der Waals surface area (Å²) in [6.07, 6.45) is 5.13. The molecule has 2 aromatic heterocycles. The Morgan fingerprint density at radius 3 is 2.81 bits per heavy atom. The number of anilines is 2. The number of hydrogen-bond donors (Lipinski definition) is 3. The number of aromatic nitrogens is 1. The lowest BCUT2D eigenvalue weighted by molar-refractivity contribution is 0.0594. The minimum Gasteiger partial charge on any atom is -0.464 e. The fourth-order valence-corrected chi connectivity index (χ4v) is 4.46. The molecule has 2 unspecified atom stereocenters. The molecule has 2 atom stereocenters. The van der Waals surface area contributed by atoms with Gasteiger partial charge in [0.15, 0.2) is 5.69 Å². The van der Waals surface area contributed by atoms with E-state index in [9.17, 15) is 9.59 Å². The monoisotopic (exact) mass is 452 g/mol. The normalized spacial score (nSPS) is 19.3.